The molecule has 0 saturated carbocycles. The van der Waals surface area contributed by atoms with Gasteiger partial charge in [-0.25, -0.2) is 0 Å². The highest BCUT2D eigenvalue weighted by Crippen LogP contribution is 2.25. The highest BCUT2D eigenvalue weighted by Gasteiger charge is 2.20. The quantitative estimate of drug-likeness (QED) is 0.746. The number of pyridine rings is 1. The summed E-state index contributed by atoms with van der Waals surface area (Å²) in [5, 5.41) is 1.47. The van der Waals surface area contributed by atoms with E-state index in [-0.39, 0.29) is 5.91 Å². The van der Waals surface area contributed by atoms with E-state index < -0.39 is 0 Å². The van der Waals surface area contributed by atoms with E-state index in [4.69, 9.17) is 11.6 Å². The molecule has 0 saturated heterocycles. The van der Waals surface area contributed by atoms with Crippen molar-refractivity contribution in [3.8, 4) is 0 Å². The number of hydrogen-bond acceptors (Lipinski definition) is 2. The smallest absolute Gasteiger partial charge is 0.256 e. The fourth-order valence-electron chi connectivity index (χ4n) is 2.58. The van der Waals surface area contributed by atoms with Crippen molar-refractivity contribution in [2.75, 3.05) is 13.1 Å². The summed E-state index contributed by atoms with van der Waals surface area (Å²) in [6.45, 7) is 5.43. The van der Waals surface area contributed by atoms with E-state index >= 15 is 0 Å². The Balaban J connectivity index is 2.07. The number of hydrogen-bond donors (Lipinski definition) is 0. The Morgan fingerprint density at radius 1 is 1.29 bits per heavy atom. The summed E-state index contributed by atoms with van der Waals surface area (Å²) in [4.78, 5) is 19.2. The lowest BCUT2D eigenvalue weighted by Crippen LogP contribution is -2.34. The minimum absolute atomic E-state index is 0.00403. The molecule has 0 bridgehead atoms. The Morgan fingerprint density at radius 2 is 2.10 bits per heavy atom. The van der Waals surface area contributed by atoms with Gasteiger partial charge in [0.25, 0.3) is 5.91 Å². The second kappa shape index (κ2) is 5.49. The number of halogens is 1. The molecule has 1 aromatic carbocycles. The van der Waals surface area contributed by atoms with Gasteiger partial charge in [-0.05, 0) is 38.5 Å². The first kappa shape index (κ1) is 14.1. The zero-order valence-corrected chi connectivity index (χ0v) is 12.9. The lowest BCUT2D eigenvalue weighted by atomic mass is 10.1. The summed E-state index contributed by atoms with van der Waals surface area (Å²) in [7, 11) is 0. The first-order valence-corrected chi connectivity index (χ1v) is 7.44. The molecule has 1 aromatic heterocycles. The minimum Gasteiger partial charge on any atom is -0.335 e. The van der Waals surface area contributed by atoms with Crippen LogP contribution in [0, 0.1) is 6.92 Å². The molecule has 1 aliphatic rings. The Kier molecular flexibility index (Phi) is 3.68. The van der Waals surface area contributed by atoms with E-state index in [0.29, 0.717) is 17.1 Å². The van der Waals surface area contributed by atoms with Crippen LogP contribution in [-0.2, 0) is 0 Å². The highest BCUT2D eigenvalue weighted by molar-refractivity contribution is 6.32. The third-order valence-corrected chi connectivity index (χ3v) is 4.07. The molecule has 2 heterocycles. The lowest BCUT2D eigenvalue weighted by molar-refractivity contribution is 0.0771. The second-order valence-corrected chi connectivity index (χ2v) is 5.97. The van der Waals surface area contributed by atoms with Gasteiger partial charge in [0.2, 0.25) is 0 Å². The minimum atomic E-state index is 0.00403. The molecule has 0 radical (unpaired) electrons. The van der Waals surface area contributed by atoms with Crippen LogP contribution in [0.15, 0.2) is 35.9 Å². The molecule has 108 valence electrons. The maximum atomic E-state index is 12.8. The largest absolute Gasteiger partial charge is 0.335 e. The number of fused-ring (bicyclic) bond motifs is 1. The molecule has 0 spiro atoms. The van der Waals surface area contributed by atoms with Crippen LogP contribution in [0.1, 0.15) is 29.4 Å². The monoisotopic (exact) mass is 300 g/mol. The first-order valence-electron chi connectivity index (χ1n) is 7.06. The number of nitrogens with zero attached hydrogens (tertiary/aromatic N) is 2. The summed E-state index contributed by atoms with van der Waals surface area (Å²) >= 11 is 6.16. The molecule has 1 aliphatic heterocycles. The van der Waals surface area contributed by atoms with Crippen molar-refractivity contribution in [1.82, 2.24) is 9.88 Å². The van der Waals surface area contributed by atoms with Gasteiger partial charge in [-0.15, -0.1) is 0 Å². The molecule has 0 atom stereocenters. The number of amides is 1. The van der Waals surface area contributed by atoms with Crippen LogP contribution in [0.5, 0.6) is 0 Å². The molecular formula is C17H17ClN2O. The van der Waals surface area contributed by atoms with Crippen molar-refractivity contribution < 1.29 is 4.79 Å². The third kappa shape index (κ3) is 2.79. The van der Waals surface area contributed by atoms with Crippen molar-refractivity contribution in [2.45, 2.75) is 20.3 Å². The number of rotatable bonds is 1. The summed E-state index contributed by atoms with van der Waals surface area (Å²) in [5.41, 5.74) is 3.56. The first-order chi connectivity index (χ1) is 10.0. The third-order valence-electron chi connectivity index (χ3n) is 3.85. The maximum Gasteiger partial charge on any atom is 0.256 e. The van der Waals surface area contributed by atoms with E-state index in [1.165, 1.54) is 5.57 Å². The van der Waals surface area contributed by atoms with E-state index in [1.54, 1.807) is 6.07 Å². The van der Waals surface area contributed by atoms with Gasteiger partial charge in [-0.3, -0.25) is 9.78 Å². The van der Waals surface area contributed by atoms with Gasteiger partial charge >= 0.3 is 0 Å². The van der Waals surface area contributed by atoms with Crippen molar-refractivity contribution in [2.24, 2.45) is 0 Å². The zero-order valence-electron chi connectivity index (χ0n) is 12.2. The number of benzene rings is 1. The van der Waals surface area contributed by atoms with E-state index in [0.717, 1.165) is 29.6 Å². The van der Waals surface area contributed by atoms with Crippen LogP contribution >= 0.6 is 11.6 Å². The summed E-state index contributed by atoms with van der Waals surface area (Å²) in [5.74, 6) is 0.00403. The molecule has 0 unspecified atom stereocenters. The van der Waals surface area contributed by atoms with Gasteiger partial charge in [-0.1, -0.05) is 29.3 Å². The van der Waals surface area contributed by atoms with Crippen molar-refractivity contribution in [3.63, 3.8) is 0 Å². The molecule has 3 rings (SSSR count). The zero-order chi connectivity index (χ0) is 15.0. The summed E-state index contributed by atoms with van der Waals surface area (Å²) < 4.78 is 0. The number of aryl methyl sites for hydroxylation is 1. The average molecular weight is 301 g/mol. The molecule has 0 N–H and O–H groups in total. The van der Waals surface area contributed by atoms with Gasteiger partial charge < -0.3 is 4.90 Å². The van der Waals surface area contributed by atoms with Crippen molar-refractivity contribution in [3.05, 3.63) is 52.2 Å². The van der Waals surface area contributed by atoms with E-state index in [2.05, 4.69) is 18.0 Å². The van der Waals surface area contributed by atoms with Gasteiger partial charge in [0, 0.05) is 29.2 Å². The number of carbonyl (C=O) groups excluding carboxylic acids is 1. The molecular weight excluding hydrogens is 284 g/mol. The SMILES string of the molecule is CC1=CCN(C(=O)c2cc(Cl)cc3ccc(C)nc23)CC1. The van der Waals surface area contributed by atoms with Gasteiger partial charge in [0.05, 0.1) is 11.1 Å². The Labute approximate surface area is 129 Å². The van der Waals surface area contributed by atoms with Crippen molar-refractivity contribution in [1.29, 1.82) is 0 Å². The van der Waals surface area contributed by atoms with Crippen LogP contribution in [0.4, 0.5) is 0 Å². The standard InChI is InChI=1S/C17H17ClN2O/c1-11-5-7-20(8-6-11)17(21)15-10-14(18)9-13-4-3-12(2)19-16(13)15/h3-5,9-10H,6-8H2,1-2H3. The van der Waals surface area contributed by atoms with Crippen molar-refractivity contribution >= 4 is 28.4 Å². The van der Waals surface area contributed by atoms with Gasteiger partial charge in [0.15, 0.2) is 0 Å². The molecule has 21 heavy (non-hydrogen) atoms. The molecule has 3 nitrogen and oxygen atoms in total. The summed E-state index contributed by atoms with van der Waals surface area (Å²) in [6.07, 6.45) is 3.03. The summed E-state index contributed by atoms with van der Waals surface area (Å²) in [6, 6.07) is 7.46. The van der Waals surface area contributed by atoms with Crippen LogP contribution in [-0.4, -0.2) is 28.9 Å². The fraction of sp³-hybridized carbons (Fsp3) is 0.294. The van der Waals surface area contributed by atoms with Crippen LogP contribution < -0.4 is 0 Å². The predicted molar refractivity (Wildman–Crippen MR) is 85.8 cm³/mol. The molecule has 1 amide bonds. The topological polar surface area (TPSA) is 33.2 Å². The molecule has 4 heteroatoms. The van der Waals surface area contributed by atoms with E-state index in [1.807, 2.05) is 30.0 Å². The molecule has 2 aromatic rings. The van der Waals surface area contributed by atoms with Crippen LogP contribution in [0.2, 0.25) is 5.02 Å². The Morgan fingerprint density at radius 3 is 2.81 bits per heavy atom. The normalized spacial score (nSPS) is 15.2. The Bertz CT molecular complexity index is 752. The average Bonchev–Trinajstić information content (AvgIpc) is 2.47. The van der Waals surface area contributed by atoms with Gasteiger partial charge in [0.1, 0.15) is 0 Å². The van der Waals surface area contributed by atoms with E-state index in [9.17, 15) is 4.79 Å². The molecule has 0 fully saturated rings. The molecule has 0 aliphatic carbocycles. The van der Waals surface area contributed by atoms with Crippen LogP contribution in [0.3, 0.4) is 0 Å². The number of aromatic nitrogens is 1. The predicted octanol–water partition coefficient (Wildman–Crippen LogP) is 3.99. The Hall–Kier alpha value is -1.87. The lowest BCUT2D eigenvalue weighted by Gasteiger charge is -2.26. The maximum absolute atomic E-state index is 12.8. The van der Waals surface area contributed by atoms with Gasteiger partial charge in [-0.2, -0.15) is 0 Å². The second-order valence-electron chi connectivity index (χ2n) is 5.53. The number of carbonyl (C=O) groups is 1. The fourth-order valence-corrected chi connectivity index (χ4v) is 2.81. The highest BCUT2D eigenvalue weighted by atomic mass is 35.5. The van der Waals surface area contributed by atoms with Crippen LogP contribution in [0.25, 0.3) is 10.9 Å².